The van der Waals surface area contributed by atoms with Crippen molar-refractivity contribution in [1.82, 2.24) is 15.1 Å². The summed E-state index contributed by atoms with van der Waals surface area (Å²) in [6.45, 7) is 7.83. The van der Waals surface area contributed by atoms with Crippen LogP contribution in [0.5, 0.6) is 0 Å². The normalized spacial score (nSPS) is 26.5. The van der Waals surface area contributed by atoms with Gasteiger partial charge in [0.1, 0.15) is 0 Å². The molecule has 4 rings (SSSR count). The van der Waals surface area contributed by atoms with Gasteiger partial charge in [-0.25, -0.2) is 0 Å². The number of halogens is 1. The Balaban J connectivity index is 0.00000272. The van der Waals surface area contributed by atoms with Crippen LogP contribution < -0.4 is 5.32 Å². The molecule has 31 heavy (non-hydrogen) atoms. The molecule has 3 saturated heterocycles. The second kappa shape index (κ2) is 12.9. The van der Waals surface area contributed by atoms with E-state index in [9.17, 15) is 0 Å². The van der Waals surface area contributed by atoms with E-state index in [1.807, 2.05) is 7.05 Å². The molecule has 174 valence electrons. The number of benzene rings is 1. The van der Waals surface area contributed by atoms with Crippen LogP contribution in [-0.2, 0) is 20.8 Å². The van der Waals surface area contributed by atoms with Crippen molar-refractivity contribution in [3.05, 3.63) is 35.9 Å². The lowest BCUT2D eigenvalue weighted by Crippen LogP contribution is -2.50. The van der Waals surface area contributed by atoms with Crippen molar-refractivity contribution in [3.63, 3.8) is 0 Å². The summed E-state index contributed by atoms with van der Waals surface area (Å²) in [5.74, 6) is 0.965. The maximum atomic E-state index is 6.10. The van der Waals surface area contributed by atoms with E-state index in [2.05, 4.69) is 50.4 Å². The Bertz CT molecular complexity index is 672. The summed E-state index contributed by atoms with van der Waals surface area (Å²) in [5.41, 5.74) is 1.36. The van der Waals surface area contributed by atoms with Crippen molar-refractivity contribution >= 4 is 29.9 Å². The minimum atomic E-state index is 0. The van der Waals surface area contributed by atoms with Gasteiger partial charge in [-0.1, -0.05) is 30.3 Å². The third kappa shape index (κ3) is 7.02. The van der Waals surface area contributed by atoms with E-state index in [0.29, 0.717) is 12.1 Å². The molecule has 0 aliphatic carbocycles. The maximum Gasteiger partial charge on any atom is 0.193 e. The van der Waals surface area contributed by atoms with Crippen molar-refractivity contribution in [2.45, 2.75) is 44.1 Å². The molecule has 3 atom stereocenters. The molecule has 0 radical (unpaired) electrons. The van der Waals surface area contributed by atoms with Gasteiger partial charge in [-0.15, -0.1) is 24.0 Å². The topological polar surface area (TPSA) is 58.6 Å². The molecule has 3 aliphatic rings. The Morgan fingerprint density at radius 1 is 1.19 bits per heavy atom. The van der Waals surface area contributed by atoms with Crippen LogP contribution in [0, 0.1) is 0 Å². The van der Waals surface area contributed by atoms with E-state index < -0.39 is 0 Å². The average molecular weight is 544 g/mol. The van der Waals surface area contributed by atoms with E-state index >= 15 is 0 Å². The molecule has 0 amide bonds. The first-order valence-electron chi connectivity index (χ1n) is 11.4. The Morgan fingerprint density at radius 2 is 2.06 bits per heavy atom. The van der Waals surface area contributed by atoms with Crippen molar-refractivity contribution in [3.8, 4) is 0 Å². The molecule has 3 unspecified atom stereocenters. The van der Waals surface area contributed by atoms with E-state index in [4.69, 9.17) is 14.2 Å². The molecular formula is C23H37IN4O3. The first-order chi connectivity index (χ1) is 14.8. The van der Waals surface area contributed by atoms with E-state index in [1.165, 1.54) is 5.56 Å². The van der Waals surface area contributed by atoms with Crippen LogP contribution in [0.4, 0.5) is 0 Å². The van der Waals surface area contributed by atoms with Gasteiger partial charge in [-0.2, -0.15) is 0 Å². The van der Waals surface area contributed by atoms with Crippen molar-refractivity contribution < 1.29 is 14.2 Å². The van der Waals surface area contributed by atoms with Gasteiger partial charge in [0, 0.05) is 53.0 Å². The Hall–Kier alpha value is -0.940. The molecule has 7 nitrogen and oxygen atoms in total. The Morgan fingerprint density at radius 3 is 2.84 bits per heavy atom. The molecule has 0 aromatic heterocycles. The second-order valence-electron chi connectivity index (χ2n) is 8.38. The highest BCUT2D eigenvalue weighted by Gasteiger charge is 2.41. The zero-order valence-corrected chi connectivity index (χ0v) is 20.9. The fraction of sp³-hybridized carbons (Fsp3) is 0.696. The van der Waals surface area contributed by atoms with Gasteiger partial charge >= 0.3 is 0 Å². The fourth-order valence-corrected chi connectivity index (χ4v) is 4.64. The lowest BCUT2D eigenvalue weighted by Gasteiger charge is -2.36. The second-order valence-corrected chi connectivity index (χ2v) is 8.38. The van der Waals surface area contributed by atoms with Gasteiger partial charge in [0.15, 0.2) is 5.96 Å². The SMILES string of the molecule is CN=C(NCCCOCC1CCCO1)N1CC2OCCN(Cc3ccccc3)C2C1.I. The van der Waals surface area contributed by atoms with Gasteiger partial charge in [0.25, 0.3) is 0 Å². The molecule has 1 aromatic rings. The number of aliphatic imine (C=N–C) groups is 1. The molecule has 8 heteroatoms. The summed E-state index contributed by atoms with van der Waals surface area (Å²) < 4.78 is 17.5. The van der Waals surface area contributed by atoms with Gasteiger partial charge in [0.2, 0.25) is 0 Å². The number of rotatable bonds is 8. The van der Waals surface area contributed by atoms with Crippen molar-refractivity contribution in [2.24, 2.45) is 4.99 Å². The molecule has 1 N–H and O–H groups in total. The molecule has 0 spiro atoms. The quantitative estimate of drug-likeness (QED) is 0.235. The smallest absolute Gasteiger partial charge is 0.193 e. The first-order valence-corrected chi connectivity index (χ1v) is 11.4. The average Bonchev–Trinajstić information content (AvgIpc) is 3.44. The summed E-state index contributed by atoms with van der Waals surface area (Å²) in [6.07, 6.45) is 3.80. The number of hydrogen-bond acceptors (Lipinski definition) is 5. The molecule has 3 heterocycles. The highest BCUT2D eigenvalue weighted by atomic mass is 127. The molecule has 1 aromatic carbocycles. The molecule has 3 aliphatic heterocycles. The summed E-state index contributed by atoms with van der Waals surface area (Å²) in [7, 11) is 1.86. The number of hydrogen-bond donors (Lipinski definition) is 1. The fourth-order valence-electron chi connectivity index (χ4n) is 4.64. The standard InChI is InChI=1S/C23H36N4O3.HI/c1-24-23(25-10-6-12-28-18-20-9-5-13-29-20)27-16-21-22(17-27)30-14-11-26(21)15-19-7-3-2-4-8-19;/h2-4,7-8,20-22H,5-6,9-18H2,1H3,(H,24,25);1H. The minimum Gasteiger partial charge on any atom is -0.379 e. The van der Waals surface area contributed by atoms with Gasteiger partial charge in [-0.3, -0.25) is 9.89 Å². The minimum absolute atomic E-state index is 0. The largest absolute Gasteiger partial charge is 0.379 e. The van der Waals surface area contributed by atoms with Crippen LogP contribution in [-0.4, -0.2) is 93.7 Å². The third-order valence-corrected chi connectivity index (χ3v) is 6.23. The predicted octanol–water partition coefficient (Wildman–Crippen LogP) is 2.35. The van der Waals surface area contributed by atoms with E-state index in [-0.39, 0.29) is 30.1 Å². The Kier molecular flexibility index (Phi) is 10.3. The highest BCUT2D eigenvalue weighted by Crippen LogP contribution is 2.24. The van der Waals surface area contributed by atoms with Crippen LogP contribution in [0.2, 0.25) is 0 Å². The third-order valence-electron chi connectivity index (χ3n) is 6.23. The van der Waals surface area contributed by atoms with Gasteiger partial charge in [-0.05, 0) is 24.8 Å². The lowest BCUT2D eigenvalue weighted by molar-refractivity contribution is -0.0502. The van der Waals surface area contributed by atoms with Crippen molar-refractivity contribution in [1.29, 1.82) is 0 Å². The van der Waals surface area contributed by atoms with Crippen LogP contribution in [0.3, 0.4) is 0 Å². The first kappa shape index (κ1) is 24.7. The van der Waals surface area contributed by atoms with Crippen LogP contribution in [0.1, 0.15) is 24.8 Å². The lowest BCUT2D eigenvalue weighted by atomic mass is 10.1. The maximum absolute atomic E-state index is 6.10. The van der Waals surface area contributed by atoms with Crippen LogP contribution >= 0.6 is 24.0 Å². The summed E-state index contributed by atoms with van der Waals surface area (Å²) in [6, 6.07) is 11.1. The number of likely N-dealkylation sites (tertiary alicyclic amines) is 1. The van der Waals surface area contributed by atoms with Crippen LogP contribution in [0.25, 0.3) is 0 Å². The zero-order valence-electron chi connectivity index (χ0n) is 18.6. The Labute approximate surface area is 203 Å². The number of fused-ring (bicyclic) bond motifs is 1. The number of morpholine rings is 1. The zero-order chi connectivity index (χ0) is 20.6. The monoisotopic (exact) mass is 544 g/mol. The van der Waals surface area contributed by atoms with Gasteiger partial charge < -0.3 is 24.4 Å². The van der Waals surface area contributed by atoms with Gasteiger partial charge in [0.05, 0.1) is 31.5 Å². The summed E-state index contributed by atoms with van der Waals surface area (Å²) in [4.78, 5) is 9.42. The summed E-state index contributed by atoms with van der Waals surface area (Å²) in [5, 5.41) is 3.50. The van der Waals surface area contributed by atoms with Crippen LogP contribution in [0.15, 0.2) is 35.3 Å². The summed E-state index contributed by atoms with van der Waals surface area (Å²) >= 11 is 0. The van der Waals surface area contributed by atoms with E-state index in [1.54, 1.807) is 0 Å². The van der Waals surface area contributed by atoms with Crippen molar-refractivity contribution in [2.75, 3.05) is 59.7 Å². The molecule has 0 bridgehead atoms. The number of nitrogens with one attached hydrogen (secondary N) is 1. The highest BCUT2D eigenvalue weighted by molar-refractivity contribution is 14.0. The molecule has 0 saturated carbocycles. The molecular weight excluding hydrogens is 507 g/mol. The number of nitrogens with zero attached hydrogens (tertiary/aromatic N) is 3. The predicted molar refractivity (Wildman–Crippen MR) is 133 cm³/mol. The number of ether oxygens (including phenoxy) is 3. The number of guanidine groups is 1. The van der Waals surface area contributed by atoms with E-state index in [0.717, 1.165) is 84.4 Å². The molecule has 3 fully saturated rings.